The molecule has 1 atom stereocenters. The number of piperidine rings is 1. The zero-order chi connectivity index (χ0) is 17.1. The molecule has 1 fully saturated rings. The summed E-state index contributed by atoms with van der Waals surface area (Å²) in [4.78, 5) is 14.2. The van der Waals surface area contributed by atoms with Gasteiger partial charge in [-0.2, -0.15) is 0 Å². The van der Waals surface area contributed by atoms with E-state index in [-0.39, 0.29) is 17.4 Å². The normalized spacial score (nSPS) is 18.0. The molecule has 0 bridgehead atoms. The van der Waals surface area contributed by atoms with E-state index in [4.69, 9.17) is 5.73 Å². The second-order valence-corrected chi connectivity index (χ2v) is 6.02. The van der Waals surface area contributed by atoms with E-state index in [1.54, 1.807) is 15.8 Å². The summed E-state index contributed by atoms with van der Waals surface area (Å²) in [6.45, 7) is 2.15. The molecule has 2 heterocycles. The van der Waals surface area contributed by atoms with Gasteiger partial charge in [0.2, 0.25) is 0 Å². The number of nitrogens with zero attached hydrogens (tertiary/aromatic N) is 4. The lowest BCUT2D eigenvalue weighted by Crippen LogP contribution is -2.41. The summed E-state index contributed by atoms with van der Waals surface area (Å²) in [5.74, 6) is -2.00. The molecule has 1 aliphatic heterocycles. The smallest absolute Gasteiger partial charge is 0.253 e. The van der Waals surface area contributed by atoms with Crippen LogP contribution in [0, 0.1) is 17.6 Å². The number of aromatic nitrogens is 3. The van der Waals surface area contributed by atoms with E-state index in [0.29, 0.717) is 26.2 Å². The first-order chi connectivity index (χ1) is 11.6. The van der Waals surface area contributed by atoms with Gasteiger partial charge in [0.25, 0.3) is 5.91 Å². The molecule has 128 valence electrons. The topological polar surface area (TPSA) is 77.0 Å². The summed E-state index contributed by atoms with van der Waals surface area (Å²) in [5, 5.41) is 7.97. The van der Waals surface area contributed by atoms with E-state index in [9.17, 15) is 13.6 Å². The van der Waals surface area contributed by atoms with Crippen LogP contribution in [0.3, 0.4) is 0 Å². The Balaban J connectivity index is 1.66. The average molecular weight is 335 g/mol. The minimum absolute atomic E-state index is 0.167. The first-order valence-corrected chi connectivity index (χ1v) is 7.90. The summed E-state index contributed by atoms with van der Waals surface area (Å²) >= 11 is 0. The van der Waals surface area contributed by atoms with Gasteiger partial charge in [0, 0.05) is 37.9 Å². The molecule has 1 aliphatic rings. The maximum atomic E-state index is 13.3. The molecule has 1 saturated heterocycles. The number of hydrogen-bond acceptors (Lipinski definition) is 4. The third-order valence-corrected chi connectivity index (χ3v) is 4.21. The molecule has 2 aromatic rings. The van der Waals surface area contributed by atoms with Crippen molar-refractivity contribution in [2.75, 3.05) is 13.1 Å². The number of benzene rings is 1. The van der Waals surface area contributed by atoms with Crippen molar-refractivity contribution in [3.8, 4) is 0 Å². The standard InChI is InChI=1S/C16H19F2N5O/c17-14-4-3-12(6-15(14)18)16(24)22-5-1-2-11(8-22)9-23-10-13(7-19)20-21-23/h3-4,6,10-11H,1-2,5,7-9,19H2. The first kappa shape index (κ1) is 16.5. The molecular formula is C16H19F2N5O. The number of nitrogens with two attached hydrogens (primary N) is 1. The largest absolute Gasteiger partial charge is 0.338 e. The number of carbonyl (C=O) groups excluding carboxylic acids is 1. The van der Waals surface area contributed by atoms with Gasteiger partial charge in [0.05, 0.1) is 5.69 Å². The maximum Gasteiger partial charge on any atom is 0.253 e. The number of halogens is 2. The highest BCUT2D eigenvalue weighted by Crippen LogP contribution is 2.21. The van der Waals surface area contributed by atoms with E-state index < -0.39 is 11.6 Å². The molecule has 1 amide bonds. The monoisotopic (exact) mass is 335 g/mol. The van der Waals surface area contributed by atoms with Gasteiger partial charge >= 0.3 is 0 Å². The van der Waals surface area contributed by atoms with Crippen LogP contribution in [0.4, 0.5) is 8.78 Å². The lowest BCUT2D eigenvalue weighted by atomic mass is 9.97. The van der Waals surface area contributed by atoms with Gasteiger partial charge < -0.3 is 10.6 Å². The van der Waals surface area contributed by atoms with E-state index >= 15 is 0 Å². The Morgan fingerprint density at radius 2 is 2.17 bits per heavy atom. The van der Waals surface area contributed by atoms with Crippen LogP contribution in [0.1, 0.15) is 28.9 Å². The molecule has 1 aromatic heterocycles. The Hall–Kier alpha value is -2.35. The summed E-state index contributed by atoms with van der Waals surface area (Å²) in [5.41, 5.74) is 6.41. The lowest BCUT2D eigenvalue weighted by Gasteiger charge is -2.32. The fourth-order valence-corrected chi connectivity index (χ4v) is 3.00. The molecule has 1 aromatic carbocycles. The molecule has 6 nitrogen and oxygen atoms in total. The van der Waals surface area contributed by atoms with E-state index in [1.807, 2.05) is 0 Å². The Labute approximate surface area is 138 Å². The molecule has 3 rings (SSSR count). The molecule has 0 aliphatic carbocycles. The van der Waals surface area contributed by atoms with Crippen LogP contribution in [0.25, 0.3) is 0 Å². The van der Waals surface area contributed by atoms with Crippen molar-refractivity contribution >= 4 is 5.91 Å². The quantitative estimate of drug-likeness (QED) is 0.920. The highest BCUT2D eigenvalue weighted by atomic mass is 19.2. The van der Waals surface area contributed by atoms with Gasteiger partial charge in [0.1, 0.15) is 0 Å². The van der Waals surface area contributed by atoms with Crippen LogP contribution in [-0.2, 0) is 13.1 Å². The van der Waals surface area contributed by atoms with Crippen LogP contribution >= 0.6 is 0 Å². The molecule has 24 heavy (non-hydrogen) atoms. The lowest BCUT2D eigenvalue weighted by molar-refractivity contribution is 0.0658. The third-order valence-electron chi connectivity index (χ3n) is 4.21. The van der Waals surface area contributed by atoms with Crippen molar-refractivity contribution in [3.05, 3.63) is 47.3 Å². The van der Waals surface area contributed by atoms with Gasteiger partial charge in [-0.3, -0.25) is 9.48 Å². The molecule has 1 unspecified atom stereocenters. The van der Waals surface area contributed by atoms with E-state index in [1.165, 1.54) is 6.07 Å². The average Bonchev–Trinajstić information content (AvgIpc) is 3.04. The van der Waals surface area contributed by atoms with Crippen LogP contribution in [0.15, 0.2) is 24.4 Å². The van der Waals surface area contributed by atoms with Gasteiger partial charge in [0.15, 0.2) is 11.6 Å². The van der Waals surface area contributed by atoms with Crippen molar-refractivity contribution in [2.45, 2.75) is 25.9 Å². The molecular weight excluding hydrogens is 316 g/mol. The Morgan fingerprint density at radius 3 is 2.88 bits per heavy atom. The number of hydrogen-bond donors (Lipinski definition) is 1. The number of likely N-dealkylation sites (tertiary alicyclic amines) is 1. The SMILES string of the molecule is NCc1cn(CC2CCCN(C(=O)c3ccc(F)c(F)c3)C2)nn1. The van der Waals surface area contributed by atoms with Gasteiger partial charge in [-0.1, -0.05) is 5.21 Å². The zero-order valence-corrected chi connectivity index (χ0v) is 13.2. The highest BCUT2D eigenvalue weighted by Gasteiger charge is 2.25. The minimum atomic E-state index is -1.01. The fourth-order valence-electron chi connectivity index (χ4n) is 3.00. The Bertz CT molecular complexity index is 733. The number of rotatable bonds is 4. The van der Waals surface area contributed by atoms with Gasteiger partial charge in [-0.15, -0.1) is 5.10 Å². The van der Waals surface area contributed by atoms with Crippen LogP contribution in [0.2, 0.25) is 0 Å². The zero-order valence-electron chi connectivity index (χ0n) is 13.2. The summed E-state index contributed by atoms with van der Waals surface area (Å²) in [6.07, 6.45) is 3.63. The van der Waals surface area contributed by atoms with Gasteiger partial charge in [-0.25, -0.2) is 8.78 Å². The fraction of sp³-hybridized carbons (Fsp3) is 0.438. The van der Waals surface area contributed by atoms with Crippen molar-refractivity contribution in [2.24, 2.45) is 11.7 Å². The molecule has 2 N–H and O–H groups in total. The summed E-state index contributed by atoms with van der Waals surface area (Å²) in [7, 11) is 0. The predicted octanol–water partition coefficient (Wildman–Crippen LogP) is 1.57. The highest BCUT2D eigenvalue weighted by molar-refractivity contribution is 5.94. The molecule has 0 spiro atoms. The van der Waals surface area contributed by atoms with Crippen LogP contribution in [0.5, 0.6) is 0 Å². The first-order valence-electron chi connectivity index (χ1n) is 7.90. The Morgan fingerprint density at radius 1 is 1.33 bits per heavy atom. The van der Waals surface area contributed by atoms with Crippen molar-refractivity contribution in [1.29, 1.82) is 0 Å². The Kier molecular flexibility index (Phi) is 4.84. The summed E-state index contributed by atoms with van der Waals surface area (Å²) in [6, 6.07) is 3.25. The predicted molar refractivity (Wildman–Crippen MR) is 82.9 cm³/mol. The van der Waals surface area contributed by atoms with E-state index in [2.05, 4.69) is 10.3 Å². The molecule has 0 saturated carbocycles. The van der Waals surface area contributed by atoms with Gasteiger partial charge in [-0.05, 0) is 37.0 Å². The maximum absolute atomic E-state index is 13.3. The van der Waals surface area contributed by atoms with E-state index in [0.717, 1.165) is 30.7 Å². The number of carbonyl (C=O) groups is 1. The second kappa shape index (κ2) is 7.04. The molecule has 8 heteroatoms. The number of amides is 1. The van der Waals surface area contributed by atoms with Crippen molar-refractivity contribution < 1.29 is 13.6 Å². The van der Waals surface area contributed by atoms with Crippen LogP contribution in [-0.4, -0.2) is 38.9 Å². The third kappa shape index (κ3) is 3.59. The summed E-state index contributed by atoms with van der Waals surface area (Å²) < 4.78 is 28.1. The van der Waals surface area contributed by atoms with Crippen LogP contribution < -0.4 is 5.73 Å². The van der Waals surface area contributed by atoms with Crippen molar-refractivity contribution in [3.63, 3.8) is 0 Å². The second-order valence-electron chi connectivity index (χ2n) is 6.02. The van der Waals surface area contributed by atoms with Crippen molar-refractivity contribution in [1.82, 2.24) is 19.9 Å². The molecule has 0 radical (unpaired) electrons. The minimum Gasteiger partial charge on any atom is -0.338 e.